The number of hydrogen-bond donors (Lipinski definition) is 1. The fourth-order valence-electron chi connectivity index (χ4n) is 1.22. The standard InChI is InChI=1S/C10H9Cl2NO2S2/c1-4-6(11)8(12)17-7(4)9(14)13-15-10(16)5-2-3-5/h5H,2-3H2,1H3,(H,13,14). The van der Waals surface area contributed by atoms with Crippen molar-refractivity contribution in [1.29, 1.82) is 0 Å². The van der Waals surface area contributed by atoms with Gasteiger partial charge < -0.3 is 4.84 Å². The van der Waals surface area contributed by atoms with Crippen molar-refractivity contribution in [3.05, 3.63) is 19.8 Å². The number of carbonyl (C=O) groups is 1. The summed E-state index contributed by atoms with van der Waals surface area (Å²) in [5.41, 5.74) is 2.97. The summed E-state index contributed by atoms with van der Waals surface area (Å²) in [6.45, 7) is 1.73. The number of hydrogen-bond acceptors (Lipinski definition) is 4. The molecule has 0 aliphatic heterocycles. The molecule has 0 bridgehead atoms. The predicted molar refractivity (Wildman–Crippen MR) is 72.9 cm³/mol. The van der Waals surface area contributed by atoms with Crippen molar-refractivity contribution in [2.24, 2.45) is 5.92 Å². The van der Waals surface area contributed by atoms with Crippen LogP contribution in [-0.2, 0) is 4.84 Å². The Morgan fingerprint density at radius 2 is 2.18 bits per heavy atom. The number of hydroxylamine groups is 1. The molecule has 1 fully saturated rings. The van der Waals surface area contributed by atoms with Gasteiger partial charge in [-0.15, -0.1) is 11.3 Å². The van der Waals surface area contributed by atoms with E-state index in [2.05, 4.69) is 5.48 Å². The van der Waals surface area contributed by atoms with Crippen LogP contribution in [0.15, 0.2) is 0 Å². The summed E-state index contributed by atoms with van der Waals surface area (Å²) in [7, 11) is 0. The zero-order chi connectivity index (χ0) is 12.6. The molecule has 17 heavy (non-hydrogen) atoms. The highest BCUT2D eigenvalue weighted by Gasteiger charge is 2.29. The number of amides is 1. The number of carbonyl (C=O) groups excluding carboxylic acids is 1. The maximum atomic E-state index is 11.8. The highest BCUT2D eigenvalue weighted by molar-refractivity contribution is 7.80. The van der Waals surface area contributed by atoms with E-state index in [1.807, 2.05) is 0 Å². The first-order valence-corrected chi connectivity index (χ1v) is 6.94. The lowest BCUT2D eigenvalue weighted by Crippen LogP contribution is -2.26. The molecule has 1 aliphatic rings. The van der Waals surface area contributed by atoms with Gasteiger partial charge in [-0.1, -0.05) is 23.2 Å². The molecule has 1 N–H and O–H groups in total. The van der Waals surface area contributed by atoms with Crippen LogP contribution < -0.4 is 5.48 Å². The molecule has 1 heterocycles. The van der Waals surface area contributed by atoms with Crippen molar-refractivity contribution in [1.82, 2.24) is 5.48 Å². The van der Waals surface area contributed by atoms with Gasteiger partial charge in [-0.2, -0.15) is 5.48 Å². The molecule has 1 aliphatic carbocycles. The van der Waals surface area contributed by atoms with E-state index >= 15 is 0 Å². The highest BCUT2D eigenvalue weighted by Crippen LogP contribution is 2.36. The van der Waals surface area contributed by atoms with Gasteiger partial charge in [0.05, 0.1) is 5.02 Å². The van der Waals surface area contributed by atoms with Crippen LogP contribution in [-0.4, -0.2) is 11.0 Å². The normalized spacial score (nSPS) is 14.5. The Morgan fingerprint density at radius 1 is 1.53 bits per heavy atom. The second-order valence-corrected chi connectivity index (χ2v) is 6.17. The highest BCUT2D eigenvalue weighted by atomic mass is 35.5. The first-order chi connectivity index (χ1) is 8.00. The summed E-state index contributed by atoms with van der Waals surface area (Å²) >= 11 is 17.8. The first kappa shape index (κ1) is 13.1. The molecular weight excluding hydrogens is 301 g/mol. The van der Waals surface area contributed by atoms with Gasteiger partial charge in [0.2, 0.25) is 0 Å². The maximum absolute atomic E-state index is 11.8. The average molecular weight is 310 g/mol. The van der Waals surface area contributed by atoms with E-state index in [0.717, 1.165) is 24.2 Å². The van der Waals surface area contributed by atoms with E-state index in [0.29, 0.717) is 30.8 Å². The van der Waals surface area contributed by atoms with Gasteiger partial charge >= 0.3 is 0 Å². The molecule has 7 heteroatoms. The van der Waals surface area contributed by atoms with Gasteiger partial charge in [0.15, 0.2) is 5.05 Å². The van der Waals surface area contributed by atoms with Gasteiger partial charge in [-0.25, -0.2) is 0 Å². The largest absolute Gasteiger partial charge is 0.372 e. The molecule has 1 saturated carbocycles. The molecule has 0 atom stereocenters. The summed E-state index contributed by atoms with van der Waals surface area (Å²) in [6.07, 6.45) is 2.06. The van der Waals surface area contributed by atoms with Crippen molar-refractivity contribution in [2.75, 3.05) is 0 Å². The Morgan fingerprint density at radius 3 is 2.65 bits per heavy atom. The molecule has 1 amide bonds. The van der Waals surface area contributed by atoms with Crippen LogP contribution in [0.4, 0.5) is 0 Å². The third-order valence-electron chi connectivity index (χ3n) is 2.40. The molecule has 2 rings (SSSR count). The van der Waals surface area contributed by atoms with Crippen LogP contribution in [0, 0.1) is 12.8 Å². The Bertz CT molecular complexity index is 483. The van der Waals surface area contributed by atoms with Crippen LogP contribution in [0.25, 0.3) is 0 Å². The zero-order valence-corrected chi connectivity index (χ0v) is 12.0. The van der Waals surface area contributed by atoms with E-state index in [1.54, 1.807) is 6.92 Å². The first-order valence-electron chi connectivity index (χ1n) is 4.96. The van der Waals surface area contributed by atoms with Crippen molar-refractivity contribution in [3.63, 3.8) is 0 Å². The summed E-state index contributed by atoms with van der Waals surface area (Å²) in [5, 5.41) is 0.844. The second kappa shape index (κ2) is 5.10. The molecule has 3 nitrogen and oxygen atoms in total. The lowest BCUT2D eigenvalue weighted by atomic mass is 10.3. The molecule has 0 unspecified atom stereocenters. The van der Waals surface area contributed by atoms with E-state index < -0.39 is 0 Å². The van der Waals surface area contributed by atoms with Crippen LogP contribution >= 0.6 is 46.8 Å². The van der Waals surface area contributed by atoms with E-state index in [1.165, 1.54) is 0 Å². The van der Waals surface area contributed by atoms with E-state index in [4.69, 9.17) is 40.3 Å². The summed E-state index contributed by atoms with van der Waals surface area (Å²) in [5.74, 6) is -0.0637. The van der Waals surface area contributed by atoms with Gasteiger partial charge in [0.25, 0.3) is 5.91 Å². The topological polar surface area (TPSA) is 38.3 Å². The van der Waals surface area contributed by atoms with Crippen LogP contribution in [0.2, 0.25) is 9.36 Å². The van der Waals surface area contributed by atoms with Crippen molar-refractivity contribution >= 4 is 57.7 Å². The molecule has 0 radical (unpaired) electrons. The molecule has 0 saturated heterocycles. The monoisotopic (exact) mass is 309 g/mol. The van der Waals surface area contributed by atoms with Crippen molar-refractivity contribution in [2.45, 2.75) is 19.8 Å². The minimum absolute atomic E-state index is 0.307. The summed E-state index contributed by atoms with van der Waals surface area (Å²) < 4.78 is 0.402. The molecule has 0 spiro atoms. The van der Waals surface area contributed by atoms with Gasteiger partial charge in [0, 0.05) is 5.92 Å². The van der Waals surface area contributed by atoms with Gasteiger partial charge in [0.1, 0.15) is 9.21 Å². The SMILES string of the molecule is Cc1c(C(=O)NOC(=S)C2CC2)sc(Cl)c1Cl. The van der Waals surface area contributed by atoms with Crippen molar-refractivity contribution in [3.8, 4) is 0 Å². The third kappa shape index (κ3) is 2.91. The fraction of sp³-hybridized carbons (Fsp3) is 0.400. The summed E-state index contributed by atoms with van der Waals surface area (Å²) in [4.78, 5) is 17.3. The van der Waals surface area contributed by atoms with Crippen molar-refractivity contribution < 1.29 is 9.63 Å². The predicted octanol–water partition coefficient (Wildman–Crippen LogP) is 3.76. The zero-order valence-electron chi connectivity index (χ0n) is 8.88. The van der Waals surface area contributed by atoms with Crippen LogP contribution in [0.5, 0.6) is 0 Å². The second-order valence-electron chi connectivity index (χ2n) is 3.77. The number of thiophene rings is 1. The summed E-state index contributed by atoms with van der Waals surface area (Å²) in [6, 6.07) is 0. The molecule has 1 aromatic rings. The van der Waals surface area contributed by atoms with E-state index in [9.17, 15) is 4.79 Å². The number of halogens is 2. The molecule has 1 aromatic heterocycles. The van der Waals surface area contributed by atoms with E-state index in [-0.39, 0.29) is 5.91 Å². The Labute approximate surface area is 118 Å². The Kier molecular flexibility index (Phi) is 3.92. The molecule has 0 aromatic carbocycles. The third-order valence-corrected chi connectivity index (χ3v) is 4.99. The van der Waals surface area contributed by atoms with Crippen LogP contribution in [0.1, 0.15) is 28.1 Å². The fourth-order valence-corrected chi connectivity index (χ4v) is 2.95. The quantitative estimate of drug-likeness (QED) is 0.667. The van der Waals surface area contributed by atoms with Gasteiger partial charge in [-0.3, -0.25) is 4.79 Å². The lowest BCUT2D eigenvalue weighted by Gasteiger charge is -2.06. The Hall–Kier alpha value is -0.360. The number of thiocarbonyl (C=S) groups is 1. The number of nitrogens with one attached hydrogen (secondary N) is 1. The maximum Gasteiger partial charge on any atom is 0.294 e. The van der Waals surface area contributed by atoms with Crippen LogP contribution in [0.3, 0.4) is 0 Å². The lowest BCUT2D eigenvalue weighted by molar-refractivity contribution is 0.0739. The Balaban J connectivity index is 1.99. The minimum Gasteiger partial charge on any atom is -0.372 e. The molecular formula is C10H9Cl2NO2S2. The number of rotatable bonds is 2. The molecule has 92 valence electrons. The minimum atomic E-state index is -0.371. The average Bonchev–Trinajstić information content (AvgIpc) is 3.10. The van der Waals surface area contributed by atoms with Gasteiger partial charge in [-0.05, 0) is 37.5 Å². The smallest absolute Gasteiger partial charge is 0.294 e.